The molecule has 2 heterocycles. The second kappa shape index (κ2) is 5.64. The van der Waals surface area contributed by atoms with Gasteiger partial charge in [-0.2, -0.15) is 0 Å². The molecule has 18 heavy (non-hydrogen) atoms. The number of nitrogens with one attached hydrogen (secondary N) is 1. The van der Waals surface area contributed by atoms with Gasteiger partial charge < -0.3 is 11.1 Å². The summed E-state index contributed by atoms with van der Waals surface area (Å²) < 4.78 is 0. The molecule has 3 N–H and O–H groups in total. The Bertz CT molecular complexity index is 525. The monoisotopic (exact) mass is 261 g/mol. The van der Waals surface area contributed by atoms with Crippen molar-refractivity contribution in [3.05, 3.63) is 46.3 Å². The van der Waals surface area contributed by atoms with Crippen molar-refractivity contribution in [1.82, 2.24) is 10.3 Å². The molecule has 0 aromatic carbocycles. The first-order valence-electron chi connectivity index (χ1n) is 5.70. The largest absolute Gasteiger partial charge is 0.383 e. The number of hydrogen-bond acceptors (Lipinski definition) is 4. The van der Waals surface area contributed by atoms with Gasteiger partial charge in [-0.1, -0.05) is 6.07 Å². The van der Waals surface area contributed by atoms with E-state index in [4.69, 9.17) is 5.73 Å². The molecular weight excluding hydrogens is 246 g/mol. The first kappa shape index (κ1) is 12.6. The van der Waals surface area contributed by atoms with Crippen LogP contribution >= 0.6 is 11.3 Å². The van der Waals surface area contributed by atoms with Gasteiger partial charge in [0.2, 0.25) is 0 Å². The number of carbonyl (C=O) groups excluding carboxylic acids is 1. The Kier molecular flexibility index (Phi) is 3.94. The topological polar surface area (TPSA) is 68.0 Å². The summed E-state index contributed by atoms with van der Waals surface area (Å²) >= 11 is 1.69. The van der Waals surface area contributed by atoms with Gasteiger partial charge >= 0.3 is 0 Å². The minimum atomic E-state index is -0.176. The highest BCUT2D eigenvalue weighted by Gasteiger charge is 2.13. The lowest BCUT2D eigenvalue weighted by Gasteiger charge is -2.13. The first-order valence-corrected chi connectivity index (χ1v) is 6.58. The molecule has 1 amide bonds. The van der Waals surface area contributed by atoms with Gasteiger partial charge in [0.1, 0.15) is 5.82 Å². The number of anilines is 1. The fourth-order valence-electron chi connectivity index (χ4n) is 1.69. The van der Waals surface area contributed by atoms with Crippen molar-refractivity contribution in [3.8, 4) is 0 Å². The fourth-order valence-corrected chi connectivity index (χ4v) is 2.53. The molecule has 2 rings (SSSR count). The Morgan fingerprint density at radius 2 is 2.33 bits per heavy atom. The van der Waals surface area contributed by atoms with Gasteiger partial charge in [0.25, 0.3) is 5.91 Å². The van der Waals surface area contributed by atoms with Crippen LogP contribution in [0, 0.1) is 0 Å². The summed E-state index contributed by atoms with van der Waals surface area (Å²) in [5.41, 5.74) is 6.09. The van der Waals surface area contributed by atoms with Crippen LogP contribution in [0.25, 0.3) is 0 Å². The van der Waals surface area contributed by atoms with E-state index < -0.39 is 0 Å². The van der Waals surface area contributed by atoms with E-state index >= 15 is 0 Å². The van der Waals surface area contributed by atoms with Gasteiger partial charge in [0, 0.05) is 23.5 Å². The summed E-state index contributed by atoms with van der Waals surface area (Å²) in [4.78, 5) is 17.1. The van der Waals surface area contributed by atoms with Gasteiger partial charge in [0.15, 0.2) is 0 Å². The predicted molar refractivity (Wildman–Crippen MR) is 73.6 cm³/mol. The van der Waals surface area contributed by atoms with Crippen molar-refractivity contribution in [2.75, 3.05) is 5.73 Å². The molecule has 94 valence electrons. The third kappa shape index (κ3) is 3.07. The van der Waals surface area contributed by atoms with Crippen LogP contribution in [0.2, 0.25) is 0 Å². The molecule has 5 heteroatoms. The van der Waals surface area contributed by atoms with Crippen LogP contribution in [0.1, 0.15) is 22.2 Å². The molecule has 2 aromatic heterocycles. The van der Waals surface area contributed by atoms with Gasteiger partial charge in [-0.15, -0.1) is 11.3 Å². The average Bonchev–Trinajstić information content (AvgIpc) is 2.82. The molecule has 0 radical (unpaired) electrons. The quantitative estimate of drug-likeness (QED) is 0.885. The molecule has 1 atom stereocenters. The summed E-state index contributed by atoms with van der Waals surface area (Å²) in [6, 6.07) is 7.51. The standard InChI is InChI=1S/C13H15N3OS/c1-9(8-10-4-3-7-18-10)16-13(17)11-5-2-6-15-12(11)14/h2-7,9H,8H2,1H3,(H2,14,15)(H,16,17). The highest BCUT2D eigenvalue weighted by molar-refractivity contribution is 7.09. The lowest BCUT2D eigenvalue weighted by atomic mass is 10.2. The van der Waals surface area contributed by atoms with Crippen molar-refractivity contribution in [2.45, 2.75) is 19.4 Å². The maximum absolute atomic E-state index is 12.0. The molecule has 0 aliphatic rings. The van der Waals surface area contributed by atoms with Crippen LogP contribution in [-0.2, 0) is 6.42 Å². The third-order valence-corrected chi connectivity index (χ3v) is 3.45. The van der Waals surface area contributed by atoms with E-state index in [0.29, 0.717) is 5.56 Å². The molecule has 1 unspecified atom stereocenters. The highest BCUT2D eigenvalue weighted by Crippen LogP contribution is 2.12. The normalized spacial score (nSPS) is 12.1. The molecule has 2 aromatic rings. The lowest BCUT2D eigenvalue weighted by molar-refractivity contribution is 0.0941. The van der Waals surface area contributed by atoms with Crippen LogP contribution in [0.15, 0.2) is 35.8 Å². The SMILES string of the molecule is CC(Cc1cccs1)NC(=O)c1cccnc1N. The van der Waals surface area contributed by atoms with Crippen LogP contribution in [-0.4, -0.2) is 16.9 Å². The zero-order chi connectivity index (χ0) is 13.0. The zero-order valence-electron chi connectivity index (χ0n) is 10.1. The molecule has 0 saturated carbocycles. The lowest BCUT2D eigenvalue weighted by Crippen LogP contribution is -2.34. The molecule has 0 aliphatic carbocycles. The van der Waals surface area contributed by atoms with Gasteiger partial charge in [-0.05, 0) is 30.5 Å². The number of hydrogen-bond donors (Lipinski definition) is 2. The number of thiophene rings is 1. The smallest absolute Gasteiger partial charge is 0.255 e. The van der Waals surface area contributed by atoms with E-state index in [1.807, 2.05) is 18.4 Å². The van der Waals surface area contributed by atoms with E-state index in [0.717, 1.165) is 6.42 Å². The van der Waals surface area contributed by atoms with Crippen LogP contribution in [0.5, 0.6) is 0 Å². The van der Waals surface area contributed by atoms with Gasteiger partial charge in [-0.25, -0.2) is 4.98 Å². The molecule has 0 fully saturated rings. The molecule has 0 aliphatic heterocycles. The molecular formula is C13H15N3OS. The average molecular weight is 261 g/mol. The summed E-state index contributed by atoms with van der Waals surface area (Å²) in [6.45, 7) is 1.98. The number of nitrogen functional groups attached to an aromatic ring is 1. The number of rotatable bonds is 4. The Hall–Kier alpha value is -1.88. The minimum absolute atomic E-state index is 0.0655. The Labute approximate surface area is 110 Å². The highest BCUT2D eigenvalue weighted by atomic mass is 32.1. The van der Waals surface area contributed by atoms with Crippen molar-refractivity contribution in [1.29, 1.82) is 0 Å². The van der Waals surface area contributed by atoms with Gasteiger partial charge in [0.05, 0.1) is 5.56 Å². The van der Waals surface area contributed by atoms with Crippen molar-refractivity contribution in [2.24, 2.45) is 0 Å². The number of aromatic nitrogens is 1. The Morgan fingerprint density at radius 1 is 1.50 bits per heavy atom. The maximum Gasteiger partial charge on any atom is 0.255 e. The fraction of sp³-hybridized carbons (Fsp3) is 0.231. The maximum atomic E-state index is 12.0. The second-order valence-electron chi connectivity index (χ2n) is 4.09. The molecule has 0 bridgehead atoms. The van der Waals surface area contributed by atoms with Crippen molar-refractivity contribution >= 4 is 23.1 Å². The Balaban J connectivity index is 1.97. The summed E-state index contributed by atoms with van der Waals surface area (Å²) in [6.07, 6.45) is 2.39. The van der Waals surface area contributed by atoms with Crippen LogP contribution in [0.3, 0.4) is 0 Å². The summed E-state index contributed by atoms with van der Waals surface area (Å²) in [5, 5.41) is 4.95. The minimum Gasteiger partial charge on any atom is -0.383 e. The molecule has 0 spiro atoms. The van der Waals surface area contributed by atoms with Crippen molar-refractivity contribution < 1.29 is 4.79 Å². The van der Waals surface area contributed by atoms with E-state index in [2.05, 4.69) is 16.4 Å². The molecule has 0 saturated heterocycles. The van der Waals surface area contributed by atoms with Gasteiger partial charge in [-0.3, -0.25) is 4.79 Å². The molecule has 4 nitrogen and oxygen atoms in total. The van der Waals surface area contributed by atoms with E-state index in [9.17, 15) is 4.79 Å². The summed E-state index contributed by atoms with van der Waals surface area (Å²) in [7, 11) is 0. The van der Waals surface area contributed by atoms with Crippen LogP contribution in [0.4, 0.5) is 5.82 Å². The number of nitrogens with zero attached hydrogens (tertiary/aromatic N) is 1. The number of nitrogens with two attached hydrogens (primary N) is 1. The van der Waals surface area contributed by atoms with E-state index in [1.165, 1.54) is 4.88 Å². The van der Waals surface area contributed by atoms with E-state index in [-0.39, 0.29) is 17.8 Å². The second-order valence-corrected chi connectivity index (χ2v) is 5.13. The zero-order valence-corrected chi connectivity index (χ0v) is 10.9. The third-order valence-electron chi connectivity index (χ3n) is 2.55. The van der Waals surface area contributed by atoms with E-state index in [1.54, 1.807) is 29.7 Å². The Morgan fingerprint density at radius 3 is 3.00 bits per heavy atom. The van der Waals surface area contributed by atoms with Crippen molar-refractivity contribution in [3.63, 3.8) is 0 Å². The number of pyridine rings is 1. The number of carbonyl (C=O) groups is 1. The predicted octanol–water partition coefficient (Wildman–Crippen LogP) is 2.09. The van der Waals surface area contributed by atoms with Crippen LogP contribution < -0.4 is 11.1 Å². The number of amides is 1. The first-order chi connectivity index (χ1) is 8.66. The summed E-state index contributed by atoms with van der Waals surface area (Å²) in [5.74, 6) is 0.0861.